The molecule has 0 fully saturated rings. The van der Waals surface area contributed by atoms with Crippen LogP contribution in [0.2, 0.25) is 5.02 Å². The average Bonchev–Trinajstić information content (AvgIpc) is 3.02. The van der Waals surface area contributed by atoms with Gasteiger partial charge < -0.3 is 15.0 Å². The standard InChI is InChI=1S/C19H20ClN3O2/c1-12(2)18(19-21-14-8-4-5-9-15(14)22-19)23-17(24)11-25-16-10-6-3-7-13(16)20/h3-10,12,18H,11H2,1-2H3,(H,21,22)(H,23,24). The number of benzene rings is 2. The number of ether oxygens (including phenoxy) is 1. The molecule has 25 heavy (non-hydrogen) atoms. The molecule has 3 aromatic rings. The van der Waals surface area contributed by atoms with E-state index in [-0.39, 0.29) is 24.5 Å². The Balaban J connectivity index is 1.69. The lowest BCUT2D eigenvalue weighted by atomic mass is 10.0. The molecule has 1 atom stereocenters. The van der Waals surface area contributed by atoms with Gasteiger partial charge in [0.1, 0.15) is 11.6 Å². The van der Waals surface area contributed by atoms with E-state index in [2.05, 4.69) is 15.3 Å². The van der Waals surface area contributed by atoms with Crippen molar-refractivity contribution in [2.75, 3.05) is 6.61 Å². The molecule has 0 spiro atoms. The lowest BCUT2D eigenvalue weighted by Crippen LogP contribution is -2.35. The summed E-state index contributed by atoms with van der Waals surface area (Å²) in [6.45, 7) is 3.97. The number of fused-ring (bicyclic) bond motifs is 1. The number of amides is 1. The van der Waals surface area contributed by atoms with Gasteiger partial charge in [0.05, 0.1) is 22.1 Å². The second kappa shape index (κ2) is 7.57. The highest BCUT2D eigenvalue weighted by molar-refractivity contribution is 6.32. The van der Waals surface area contributed by atoms with Crippen molar-refractivity contribution in [1.29, 1.82) is 0 Å². The third-order valence-electron chi connectivity index (χ3n) is 3.88. The highest BCUT2D eigenvalue weighted by Gasteiger charge is 2.22. The van der Waals surface area contributed by atoms with Crippen LogP contribution in [-0.2, 0) is 4.79 Å². The van der Waals surface area contributed by atoms with Crippen molar-refractivity contribution in [1.82, 2.24) is 15.3 Å². The van der Waals surface area contributed by atoms with E-state index >= 15 is 0 Å². The van der Waals surface area contributed by atoms with E-state index in [0.29, 0.717) is 10.8 Å². The van der Waals surface area contributed by atoms with Crippen LogP contribution < -0.4 is 10.1 Å². The number of hydrogen-bond donors (Lipinski definition) is 2. The van der Waals surface area contributed by atoms with Gasteiger partial charge in [0.2, 0.25) is 0 Å². The van der Waals surface area contributed by atoms with Crippen molar-refractivity contribution in [3.63, 3.8) is 0 Å². The predicted octanol–water partition coefficient (Wildman–Crippen LogP) is 4.11. The Labute approximate surface area is 151 Å². The van der Waals surface area contributed by atoms with Crippen LogP contribution >= 0.6 is 11.6 Å². The summed E-state index contributed by atoms with van der Waals surface area (Å²) >= 11 is 6.03. The number of para-hydroxylation sites is 3. The molecule has 3 rings (SSSR count). The fraction of sp³-hybridized carbons (Fsp3) is 0.263. The second-order valence-electron chi connectivity index (χ2n) is 6.15. The quantitative estimate of drug-likeness (QED) is 0.697. The summed E-state index contributed by atoms with van der Waals surface area (Å²) in [5.74, 6) is 1.18. The number of hydrogen-bond acceptors (Lipinski definition) is 3. The summed E-state index contributed by atoms with van der Waals surface area (Å²) in [6, 6.07) is 14.6. The van der Waals surface area contributed by atoms with Gasteiger partial charge in [0.15, 0.2) is 6.61 Å². The van der Waals surface area contributed by atoms with Crippen LogP contribution in [0.15, 0.2) is 48.5 Å². The van der Waals surface area contributed by atoms with E-state index in [1.807, 2.05) is 50.2 Å². The third-order valence-corrected chi connectivity index (χ3v) is 4.19. The molecule has 1 amide bonds. The van der Waals surface area contributed by atoms with Crippen molar-refractivity contribution in [3.8, 4) is 5.75 Å². The zero-order valence-electron chi connectivity index (χ0n) is 14.1. The van der Waals surface area contributed by atoms with E-state index in [1.165, 1.54) is 0 Å². The minimum atomic E-state index is -0.227. The minimum absolute atomic E-state index is 0.104. The van der Waals surface area contributed by atoms with Gasteiger partial charge >= 0.3 is 0 Å². The van der Waals surface area contributed by atoms with Crippen LogP contribution in [0.1, 0.15) is 25.7 Å². The Morgan fingerprint density at radius 1 is 1.20 bits per heavy atom. The van der Waals surface area contributed by atoms with Gasteiger partial charge in [-0.2, -0.15) is 0 Å². The minimum Gasteiger partial charge on any atom is -0.482 e. The Hall–Kier alpha value is -2.53. The summed E-state index contributed by atoms with van der Waals surface area (Å²) in [5.41, 5.74) is 1.83. The number of carbonyl (C=O) groups is 1. The molecule has 2 aromatic carbocycles. The molecule has 1 unspecified atom stereocenters. The van der Waals surface area contributed by atoms with Crippen LogP contribution in [0.4, 0.5) is 0 Å². The molecular formula is C19H20ClN3O2. The third kappa shape index (κ3) is 4.12. The average molecular weight is 358 g/mol. The number of imidazole rings is 1. The molecule has 0 saturated heterocycles. The van der Waals surface area contributed by atoms with E-state index in [9.17, 15) is 4.79 Å². The molecule has 0 radical (unpaired) electrons. The van der Waals surface area contributed by atoms with Gasteiger partial charge in [-0.3, -0.25) is 4.79 Å². The van der Waals surface area contributed by atoms with E-state index in [0.717, 1.165) is 16.9 Å². The van der Waals surface area contributed by atoms with Crippen LogP contribution in [0.25, 0.3) is 11.0 Å². The lowest BCUT2D eigenvalue weighted by Gasteiger charge is -2.20. The Bertz CT molecular complexity index is 843. The number of rotatable bonds is 6. The lowest BCUT2D eigenvalue weighted by molar-refractivity contribution is -0.124. The largest absolute Gasteiger partial charge is 0.482 e. The van der Waals surface area contributed by atoms with Gasteiger partial charge in [-0.1, -0.05) is 49.7 Å². The van der Waals surface area contributed by atoms with Crippen molar-refractivity contribution in [3.05, 3.63) is 59.4 Å². The van der Waals surface area contributed by atoms with Crippen molar-refractivity contribution in [2.45, 2.75) is 19.9 Å². The number of halogens is 1. The summed E-state index contributed by atoms with van der Waals surface area (Å²) in [4.78, 5) is 20.2. The molecule has 0 bridgehead atoms. The molecule has 0 aliphatic rings. The normalized spacial score (nSPS) is 12.3. The molecule has 0 aliphatic carbocycles. The van der Waals surface area contributed by atoms with Gasteiger partial charge in [0.25, 0.3) is 5.91 Å². The first-order valence-electron chi connectivity index (χ1n) is 8.16. The van der Waals surface area contributed by atoms with Gasteiger partial charge in [-0.25, -0.2) is 4.98 Å². The summed E-state index contributed by atoms with van der Waals surface area (Å²) in [5, 5.41) is 3.46. The monoisotopic (exact) mass is 357 g/mol. The van der Waals surface area contributed by atoms with E-state index < -0.39 is 0 Å². The second-order valence-corrected chi connectivity index (χ2v) is 6.55. The highest BCUT2D eigenvalue weighted by atomic mass is 35.5. The highest BCUT2D eigenvalue weighted by Crippen LogP contribution is 2.24. The number of aromatic amines is 1. The predicted molar refractivity (Wildman–Crippen MR) is 98.8 cm³/mol. The zero-order valence-corrected chi connectivity index (χ0v) is 14.9. The van der Waals surface area contributed by atoms with Crippen molar-refractivity contribution < 1.29 is 9.53 Å². The number of nitrogens with one attached hydrogen (secondary N) is 2. The van der Waals surface area contributed by atoms with Crippen molar-refractivity contribution >= 4 is 28.5 Å². The first-order valence-corrected chi connectivity index (χ1v) is 8.53. The number of carbonyl (C=O) groups excluding carboxylic acids is 1. The fourth-order valence-corrected chi connectivity index (χ4v) is 2.78. The topological polar surface area (TPSA) is 67.0 Å². The maximum absolute atomic E-state index is 12.3. The van der Waals surface area contributed by atoms with Crippen LogP contribution in [0, 0.1) is 5.92 Å². The molecule has 130 valence electrons. The molecule has 0 aliphatic heterocycles. The molecule has 1 aromatic heterocycles. The summed E-state index contributed by atoms with van der Waals surface area (Å²) in [6.07, 6.45) is 0. The number of nitrogens with zero attached hydrogens (tertiary/aromatic N) is 1. The van der Waals surface area contributed by atoms with Gasteiger partial charge in [-0.15, -0.1) is 0 Å². The van der Waals surface area contributed by atoms with Crippen molar-refractivity contribution in [2.24, 2.45) is 5.92 Å². The first-order chi connectivity index (χ1) is 12.0. The molecule has 0 saturated carbocycles. The SMILES string of the molecule is CC(C)C(NC(=O)COc1ccccc1Cl)c1nc2ccccc2[nH]1. The molecule has 6 heteroatoms. The van der Waals surface area contributed by atoms with Crippen LogP contribution in [0.5, 0.6) is 5.75 Å². The molecule has 1 heterocycles. The Morgan fingerprint density at radius 3 is 2.64 bits per heavy atom. The zero-order chi connectivity index (χ0) is 17.8. The Kier molecular flexibility index (Phi) is 5.24. The number of aromatic nitrogens is 2. The molecule has 2 N–H and O–H groups in total. The maximum atomic E-state index is 12.3. The Morgan fingerprint density at radius 2 is 1.92 bits per heavy atom. The van der Waals surface area contributed by atoms with Crippen LogP contribution in [-0.4, -0.2) is 22.5 Å². The van der Waals surface area contributed by atoms with E-state index in [4.69, 9.17) is 16.3 Å². The first kappa shape index (κ1) is 17.3. The summed E-state index contributed by atoms with van der Waals surface area (Å²) in [7, 11) is 0. The number of H-pyrrole nitrogens is 1. The fourth-order valence-electron chi connectivity index (χ4n) is 2.59. The molecular weight excluding hydrogens is 338 g/mol. The van der Waals surface area contributed by atoms with Crippen LogP contribution in [0.3, 0.4) is 0 Å². The van der Waals surface area contributed by atoms with Gasteiger partial charge in [0, 0.05) is 0 Å². The summed E-state index contributed by atoms with van der Waals surface area (Å²) < 4.78 is 5.50. The smallest absolute Gasteiger partial charge is 0.258 e. The van der Waals surface area contributed by atoms with E-state index in [1.54, 1.807) is 12.1 Å². The maximum Gasteiger partial charge on any atom is 0.258 e. The van der Waals surface area contributed by atoms with Gasteiger partial charge in [-0.05, 0) is 30.2 Å². The molecule has 5 nitrogen and oxygen atoms in total.